The number of hydrogen-bond donors (Lipinski definition) is 0. The van der Waals surface area contributed by atoms with Crippen molar-refractivity contribution in [3.05, 3.63) is 54.0 Å². The Hall–Kier alpha value is -2.56. The van der Waals surface area contributed by atoms with E-state index in [4.69, 9.17) is 0 Å². The molecule has 144 valence electrons. The maximum Gasteiger partial charge on any atom is 0.254 e. The fourth-order valence-electron chi connectivity index (χ4n) is 4.21. The molecule has 0 N–H and O–H groups in total. The summed E-state index contributed by atoms with van der Waals surface area (Å²) < 4.78 is 0. The number of nitrogens with zero attached hydrogens (tertiary/aromatic N) is 3. The molecule has 2 aliphatic heterocycles. The standard InChI is InChI=1S/C22H29N3O2/c1-5-18(23(6-2)7-3)22(4)20(26)24-16-12-11-15-19(24)25(21(22)27)17-13-9-8-10-14-17/h5,8-10,13-15H,6-7,11-12,16H2,1-4H3/b18-5+. The average molecular weight is 367 g/mol. The molecule has 2 heterocycles. The summed E-state index contributed by atoms with van der Waals surface area (Å²) in [5, 5.41) is 0. The van der Waals surface area contributed by atoms with Crippen LogP contribution in [0.3, 0.4) is 0 Å². The van der Waals surface area contributed by atoms with Crippen LogP contribution in [0, 0.1) is 5.41 Å². The summed E-state index contributed by atoms with van der Waals surface area (Å²) in [6.45, 7) is 9.94. The molecule has 3 rings (SSSR count). The third-order valence-electron chi connectivity index (χ3n) is 5.63. The van der Waals surface area contributed by atoms with Gasteiger partial charge in [0.1, 0.15) is 5.82 Å². The monoisotopic (exact) mass is 367 g/mol. The van der Waals surface area contributed by atoms with Crippen LogP contribution in [0.2, 0.25) is 0 Å². The molecule has 5 nitrogen and oxygen atoms in total. The van der Waals surface area contributed by atoms with Gasteiger partial charge in [-0.1, -0.05) is 24.3 Å². The summed E-state index contributed by atoms with van der Waals surface area (Å²) in [5.74, 6) is 0.406. The van der Waals surface area contributed by atoms with Gasteiger partial charge < -0.3 is 4.90 Å². The van der Waals surface area contributed by atoms with E-state index in [-0.39, 0.29) is 11.8 Å². The lowest BCUT2D eigenvalue weighted by Gasteiger charge is -2.49. The first kappa shape index (κ1) is 19.2. The average Bonchev–Trinajstić information content (AvgIpc) is 2.71. The molecule has 0 bridgehead atoms. The van der Waals surface area contributed by atoms with Gasteiger partial charge in [-0.3, -0.25) is 19.4 Å². The zero-order valence-corrected chi connectivity index (χ0v) is 16.7. The number of carbonyl (C=O) groups is 2. The minimum Gasteiger partial charge on any atom is -0.374 e. The first-order valence-corrected chi connectivity index (χ1v) is 9.84. The van der Waals surface area contributed by atoms with Gasteiger partial charge in [-0.05, 0) is 58.7 Å². The topological polar surface area (TPSA) is 43.9 Å². The van der Waals surface area contributed by atoms with E-state index in [1.807, 2.05) is 49.4 Å². The molecule has 0 aliphatic carbocycles. The van der Waals surface area contributed by atoms with Gasteiger partial charge >= 0.3 is 0 Å². The van der Waals surface area contributed by atoms with Gasteiger partial charge in [-0.25, -0.2) is 0 Å². The molecule has 1 saturated heterocycles. The van der Waals surface area contributed by atoms with E-state index in [0.717, 1.165) is 37.3 Å². The predicted octanol–water partition coefficient (Wildman–Crippen LogP) is 3.75. The van der Waals surface area contributed by atoms with Crippen molar-refractivity contribution in [3.8, 4) is 0 Å². The number of allylic oxidation sites excluding steroid dienone is 2. The van der Waals surface area contributed by atoms with Crippen molar-refractivity contribution in [1.29, 1.82) is 0 Å². The van der Waals surface area contributed by atoms with Crippen molar-refractivity contribution in [2.24, 2.45) is 5.41 Å². The van der Waals surface area contributed by atoms with Gasteiger partial charge in [0.2, 0.25) is 5.91 Å². The molecule has 0 aromatic heterocycles. The van der Waals surface area contributed by atoms with Crippen molar-refractivity contribution in [2.75, 3.05) is 24.5 Å². The second kappa shape index (κ2) is 7.59. The number of anilines is 1. The summed E-state index contributed by atoms with van der Waals surface area (Å²) in [5.41, 5.74) is 0.355. The second-order valence-corrected chi connectivity index (χ2v) is 7.11. The SMILES string of the molecule is C/C=C(/N(CC)CC)C1(C)C(=O)N2CCCC=C2N(c2ccccc2)C1=O. The molecule has 1 atom stereocenters. The number of benzene rings is 1. The maximum absolute atomic E-state index is 13.8. The zero-order chi connectivity index (χ0) is 19.6. The highest BCUT2D eigenvalue weighted by Gasteiger charge is 2.56. The van der Waals surface area contributed by atoms with E-state index in [2.05, 4.69) is 18.7 Å². The quantitative estimate of drug-likeness (QED) is 0.745. The van der Waals surface area contributed by atoms with Crippen LogP contribution in [0.25, 0.3) is 0 Å². The normalized spacial score (nSPS) is 23.3. The van der Waals surface area contributed by atoms with Gasteiger partial charge in [-0.2, -0.15) is 0 Å². The molecule has 1 fully saturated rings. The van der Waals surface area contributed by atoms with Gasteiger partial charge in [0.15, 0.2) is 5.41 Å². The van der Waals surface area contributed by atoms with Crippen LogP contribution < -0.4 is 4.90 Å². The smallest absolute Gasteiger partial charge is 0.254 e. The Morgan fingerprint density at radius 1 is 1.15 bits per heavy atom. The fraction of sp³-hybridized carbons (Fsp3) is 0.455. The van der Waals surface area contributed by atoms with E-state index < -0.39 is 5.41 Å². The van der Waals surface area contributed by atoms with E-state index in [1.165, 1.54) is 0 Å². The Labute approximate surface area is 161 Å². The summed E-state index contributed by atoms with van der Waals surface area (Å²) in [6, 6.07) is 9.63. The van der Waals surface area contributed by atoms with E-state index in [0.29, 0.717) is 12.4 Å². The van der Waals surface area contributed by atoms with Crippen LogP contribution in [0.5, 0.6) is 0 Å². The van der Waals surface area contributed by atoms with Crippen molar-refractivity contribution < 1.29 is 9.59 Å². The van der Waals surface area contributed by atoms with Crippen molar-refractivity contribution in [3.63, 3.8) is 0 Å². The minimum absolute atomic E-state index is 0.120. The van der Waals surface area contributed by atoms with Gasteiger partial charge in [0, 0.05) is 25.3 Å². The Balaban J connectivity index is 2.18. The molecule has 0 radical (unpaired) electrons. The minimum atomic E-state index is -1.23. The Bertz CT molecular complexity index is 780. The molecule has 0 spiro atoms. The van der Waals surface area contributed by atoms with Crippen LogP contribution in [0.1, 0.15) is 40.5 Å². The lowest BCUT2D eigenvalue weighted by atomic mass is 9.79. The van der Waals surface area contributed by atoms with Crippen LogP contribution in [0.4, 0.5) is 5.69 Å². The summed E-state index contributed by atoms with van der Waals surface area (Å²) in [7, 11) is 0. The molecule has 27 heavy (non-hydrogen) atoms. The summed E-state index contributed by atoms with van der Waals surface area (Å²) in [4.78, 5) is 33.0. The van der Waals surface area contributed by atoms with E-state index in [9.17, 15) is 9.59 Å². The number of hydrogen-bond acceptors (Lipinski definition) is 3. The number of rotatable bonds is 5. The molecule has 1 aromatic rings. The Morgan fingerprint density at radius 3 is 2.41 bits per heavy atom. The van der Waals surface area contributed by atoms with Gasteiger partial charge in [0.05, 0.1) is 5.69 Å². The number of amides is 2. The second-order valence-electron chi connectivity index (χ2n) is 7.11. The van der Waals surface area contributed by atoms with Gasteiger partial charge in [-0.15, -0.1) is 0 Å². The summed E-state index contributed by atoms with van der Waals surface area (Å²) >= 11 is 0. The number of para-hydroxylation sites is 1. The first-order chi connectivity index (χ1) is 13.0. The zero-order valence-electron chi connectivity index (χ0n) is 16.7. The molecule has 2 aliphatic rings. The molecule has 1 aromatic carbocycles. The molecule has 5 heteroatoms. The van der Waals surface area contributed by atoms with Crippen molar-refractivity contribution >= 4 is 17.5 Å². The van der Waals surface area contributed by atoms with Crippen molar-refractivity contribution in [2.45, 2.75) is 40.5 Å². The van der Waals surface area contributed by atoms with E-state index >= 15 is 0 Å². The highest BCUT2D eigenvalue weighted by Crippen LogP contribution is 2.43. The molecular formula is C22H29N3O2. The van der Waals surface area contributed by atoms with Crippen LogP contribution in [-0.4, -0.2) is 41.2 Å². The van der Waals surface area contributed by atoms with E-state index in [1.54, 1.807) is 16.7 Å². The third kappa shape index (κ3) is 2.95. The number of carbonyl (C=O) groups excluding carboxylic acids is 2. The predicted molar refractivity (Wildman–Crippen MR) is 108 cm³/mol. The molecule has 2 amide bonds. The van der Waals surface area contributed by atoms with Crippen LogP contribution in [0.15, 0.2) is 54.0 Å². The molecule has 0 saturated carbocycles. The third-order valence-corrected chi connectivity index (χ3v) is 5.63. The molecular weight excluding hydrogens is 338 g/mol. The maximum atomic E-state index is 13.8. The van der Waals surface area contributed by atoms with Crippen LogP contribution >= 0.6 is 0 Å². The number of fused-ring (bicyclic) bond motifs is 1. The Morgan fingerprint density at radius 2 is 1.81 bits per heavy atom. The summed E-state index contributed by atoms with van der Waals surface area (Å²) in [6.07, 6.45) is 5.72. The van der Waals surface area contributed by atoms with Gasteiger partial charge in [0.25, 0.3) is 5.91 Å². The lowest BCUT2D eigenvalue weighted by molar-refractivity contribution is -0.149. The largest absolute Gasteiger partial charge is 0.374 e. The fourth-order valence-corrected chi connectivity index (χ4v) is 4.21. The van der Waals surface area contributed by atoms with Crippen molar-refractivity contribution in [1.82, 2.24) is 9.80 Å². The highest BCUT2D eigenvalue weighted by molar-refractivity contribution is 6.18. The van der Waals surface area contributed by atoms with Crippen LogP contribution in [-0.2, 0) is 9.59 Å². The Kier molecular flexibility index (Phi) is 5.40. The lowest BCUT2D eigenvalue weighted by Crippen LogP contribution is -2.63. The first-order valence-electron chi connectivity index (χ1n) is 9.84. The highest BCUT2D eigenvalue weighted by atomic mass is 16.2. The molecule has 1 unspecified atom stereocenters.